The van der Waals surface area contributed by atoms with Crippen molar-refractivity contribution < 1.29 is 0 Å². The summed E-state index contributed by atoms with van der Waals surface area (Å²) in [6.07, 6.45) is 0. The van der Waals surface area contributed by atoms with Gasteiger partial charge in [-0.05, 0) is 53.1 Å². The zero-order valence-electron chi connectivity index (χ0n) is 18.8. The van der Waals surface area contributed by atoms with Gasteiger partial charge < -0.3 is 4.57 Å². The molecule has 0 saturated carbocycles. The Kier molecular flexibility index (Phi) is 4.88. The summed E-state index contributed by atoms with van der Waals surface area (Å²) >= 11 is 0. The predicted molar refractivity (Wildman–Crippen MR) is 141 cm³/mol. The van der Waals surface area contributed by atoms with Crippen molar-refractivity contribution in [2.24, 2.45) is 0 Å². The number of benzene rings is 5. The van der Waals surface area contributed by atoms with Crippen molar-refractivity contribution in [2.75, 3.05) is 0 Å². The minimum Gasteiger partial charge on any atom is -0.309 e. The number of para-hydroxylation sites is 1. The Labute approximate surface area is 203 Å². The molecular formula is C32H19N3. The van der Waals surface area contributed by atoms with Crippen molar-refractivity contribution in [1.29, 1.82) is 10.5 Å². The molecule has 1 heterocycles. The van der Waals surface area contributed by atoms with Gasteiger partial charge in [-0.1, -0.05) is 78.9 Å². The van der Waals surface area contributed by atoms with Crippen LogP contribution in [0.4, 0.5) is 0 Å². The minimum absolute atomic E-state index is 0.498. The van der Waals surface area contributed by atoms with Crippen LogP contribution < -0.4 is 0 Å². The van der Waals surface area contributed by atoms with Gasteiger partial charge in [0.1, 0.15) is 0 Å². The van der Waals surface area contributed by atoms with Gasteiger partial charge in [0.05, 0.1) is 34.3 Å². The number of hydrogen-bond donors (Lipinski definition) is 0. The van der Waals surface area contributed by atoms with Crippen LogP contribution in [-0.2, 0) is 0 Å². The van der Waals surface area contributed by atoms with Gasteiger partial charge in [-0.25, -0.2) is 0 Å². The van der Waals surface area contributed by atoms with Crippen molar-refractivity contribution in [3.8, 4) is 40.1 Å². The van der Waals surface area contributed by atoms with E-state index < -0.39 is 0 Å². The van der Waals surface area contributed by atoms with Gasteiger partial charge in [-0.2, -0.15) is 10.5 Å². The Balaban J connectivity index is 1.60. The van der Waals surface area contributed by atoms with E-state index in [9.17, 15) is 10.5 Å². The third-order valence-electron chi connectivity index (χ3n) is 6.50. The van der Waals surface area contributed by atoms with E-state index in [0.29, 0.717) is 16.7 Å². The second kappa shape index (κ2) is 8.34. The maximum absolute atomic E-state index is 9.72. The van der Waals surface area contributed by atoms with Crippen molar-refractivity contribution in [3.05, 3.63) is 126 Å². The van der Waals surface area contributed by atoms with Gasteiger partial charge in [0.15, 0.2) is 0 Å². The van der Waals surface area contributed by atoms with E-state index in [1.54, 1.807) is 18.2 Å². The highest BCUT2D eigenvalue weighted by molar-refractivity contribution is 6.10. The molecule has 0 aliphatic rings. The van der Waals surface area contributed by atoms with Crippen molar-refractivity contribution in [1.82, 2.24) is 4.57 Å². The molecule has 6 rings (SSSR count). The average molecular weight is 446 g/mol. The number of hydrogen-bond acceptors (Lipinski definition) is 2. The Morgan fingerprint density at radius 3 is 1.80 bits per heavy atom. The SMILES string of the molecule is N#Cc1cccc(C#N)c1-c1ccc2c3ccccc3n(-c3ccc(-c4ccccc4)cc3)c2c1. The Bertz CT molecular complexity index is 1760. The molecule has 162 valence electrons. The zero-order chi connectivity index (χ0) is 23.8. The lowest BCUT2D eigenvalue weighted by Crippen LogP contribution is -1.95. The largest absolute Gasteiger partial charge is 0.309 e. The Morgan fingerprint density at radius 2 is 1.09 bits per heavy atom. The molecule has 35 heavy (non-hydrogen) atoms. The van der Waals surface area contributed by atoms with Gasteiger partial charge >= 0.3 is 0 Å². The van der Waals surface area contributed by atoms with Crippen LogP contribution in [0.25, 0.3) is 49.7 Å². The summed E-state index contributed by atoms with van der Waals surface area (Å²) in [7, 11) is 0. The van der Waals surface area contributed by atoms with E-state index >= 15 is 0 Å². The average Bonchev–Trinajstić information content (AvgIpc) is 3.26. The first-order chi connectivity index (χ1) is 17.3. The van der Waals surface area contributed by atoms with Crippen LogP contribution in [-0.4, -0.2) is 4.57 Å². The number of nitrogens with zero attached hydrogens (tertiary/aromatic N) is 3. The molecule has 6 aromatic rings. The minimum atomic E-state index is 0.498. The third-order valence-corrected chi connectivity index (χ3v) is 6.50. The highest BCUT2D eigenvalue weighted by atomic mass is 15.0. The lowest BCUT2D eigenvalue weighted by molar-refractivity contribution is 1.18. The van der Waals surface area contributed by atoms with E-state index in [2.05, 4.69) is 89.5 Å². The number of fused-ring (bicyclic) bond motifs is 3. The molecule has 3 heteroatoms. The molecule has 0 saturated heterocycles. The maximum atomic E-state index is 9.72. The number of rotatable bonds is 3. The molecule has 0 bridgehead atoms. The summed E-state index contributed by atoms with van der Waals surface area (Å²) in [6, 6.07) is 43.3. The van der Waals surface area contributed by atoms with Crippen LogP contribution in [0.5, 0.6) is 0 Å². The molecule has 5 aromatic carbocycles. The van der Waals surface area contributed by atoms with E-state index in [0.717, 1.165) is 38.6 Å². The van der Waals surface area contributed by atoms with E-state index in [4.69, 9.17) is 0 Å². The molecule has 0 radical (unpaired) electrons. The highest BCUT2D eigenvalue weighted by Gasteiger charge is 2.16. The first-order valence-electron chi connectivity index (χ1n) is 11.4. The summed E-state index contributed by atoms with van der Waals surface area (Å²) in [4.78, 5) is 0. The molecular weight excluding hydrogens is 426 g/mol. The van der Waals surface area contributed by atoms with Gasteiger partial charge in [-0.15, -0.1) is 0 Å². The van der Waals surface area contributed by atoms with E-state index in [1.165, 1.54) is 5.56 Å². The fourth-order valence-corrected chi connectivity index (χ4v) is 4.89. The van der Waals surface area contributed by atoms with Crippen molar-refractivity contribution in [2.45, 2.75) is 0 Å². The standard InChI is InChI=1S/C32H19N3/c33-20-25-9-6-10-26(21-34)32(25)24-15-18-29-28-11-4-5-12-30(28)35(31(29)19-24)27-16-13-23(14-17-27)22-7-2-1-3-8-22/h1-19H. The van der Waals surface area contributed by atoms with Crippen molar-refractivity contribution in [3.63, 3.8) is 0 Å². The van der Waals surface area contributed by atoms with E-state index in [1.807, 2.05) is 24.3 Å². The van der Waals surface area contributed by atoms with Gasteiger partial charge in [0.25, 0.3) is 0 Å². The fourth-order valence-electron chi connectivity index (χ4n) is 4.89. The second-order valence-corrected chi connectivity index (χ2v) is 8.45. The monoisotopic (exact) mass is 445 g/mol. The summed E-state index contributed by atoms with van der Waals surface area (Å²) in [6.45, 7) is 0. The van der Waals surface area contributed by atoms with Crippen molar-refractivity contribution >= 4 is 21.8 Å². The lowest BCUT2D eigenvalue weighted by Gasteiger charge is -2.11. The first-order valence-corrected chi connectivity index (χ1v) is 11.4. The summed E-state index contributed by atoms with van der Waals surface area (Å²) < 4.78 is 2.25. The lowest BCUT2D eigenvalue weighted by atomic mass is 9.94. The molecule has 0 N–H and O–H groups in total. The van der Waals surface area contributed by atoms with E-state index in [-0.39, 0.29) is 0 Å². The quantitative estimate of drug-likeness (QED) is 0.278. The summed E-state index contributed by atoms with van der Waals surface area (Å²) in [5.74, 6) is 0. The molecule has 0 atom stereocenters. The van der Waals surface area contributed by atoms with Gasteiger partial charge in [0, 0.05) is 22.0 Å². The zero-order valence-corrected chi connectivity index (χ0v) is 18.8. The topological polar surface area (TPSA) is 52.5 Å². The van der Waals surface area contributed by atoms with Gasteiger partial charge in [-0.3, -0.25) is 0 Å². The molecule has 0 aliphatic carbocycles. The molecule has 1 aromatic heterocycles. The fraction of sp³-hybridized carbons (Fsp3) is 0. The van der Waals surface area contributed by atoms with Crippen LogP contribution in [0.3, 0.4) is 0 Å². The summed E-state index contributed by atoms with van der Waals surface area (Å²) in [5, 5.41) is 21.7. The normalized spacial score (nSPS) is 10.8. The molecule has 0 amide bonds. The summed E-state index contributed by atoms with van der Waals surface area (Å²) in [5.41, 5.74) is 8.08. The Morgan fingerprint density at radius 1 is 0.486 bits per heavy atom. The van der Waals surface area contributed by atoms with Crippen LogP contribution in [0.15, 0.2) is 115 Å². The first kappa shape index (κ1) is 20.5. The molecule has 0 unspecified atom stereocenters. The maximum Gasteiger partial charge on any atom is 0.0998 e. The molecule has 0 aliphatic heterocycles. The smallest absolute Gasteiger partial charge is 0.0998 e. The number of aromatic nitrogens is 1. The van der Waals surface area contributed by atoms with Crippen LogP contribution >= 0.6 is 0 Å². The number of nitriles is 2. The van der Waals surface area contributed by atoms with Crippen LogP contribution in [0.2, 0.25) is 0 Å². The highest BCUT2D eigenvalue weighted by Crippen LogP contribution is 2.36. The third kappa shape index (κ3) is 3.35. The second-order valence-electron chi connectivity index (χ2n) is 8.45. The van der Waals surface area contributed by atoms with Crippen LogP contribution in [0.1, 0.15) is 11.1 Å². The Hall–Kier alpha value is -5.12. The molecule has 0 spiro atoms. The predicted octanol–water partition coefficient (Wildman–Crippen LogP) is 7.86. The molecule has 3 nitrogen and oxygen atoms in total. The molecule has 0 fully saturated rings. The van der Waals surface area contributed by atoms with Gasteiger partial charge in [0.2, 0.25) is 0 Å². The van der Waals surface area contributed by atoms with Crippen LogP contribution in [0, 0.1) is 22.7 Å².